The maximum Gasteiger partial charge on any atom is 0.239 e. The molecule has 1 saturated heterocycles. The fraction of sp³-hybridized carbons (Fsp3) is 0.583. The summed E-state index contributed by atoms with van der Waals surface area (Å²) in [5.74, 6) is 0.991. The molecule has 0 saturated carbocycles. The van der Waals surface area contributed by atoms with Crippen LogP contribution in [0.4, 0.5) is 0 Å². The second-order valence-corrected chi connectivity index (χ2v) is 4.41. The van der Waals surface area contributed by atoms with Crippen molar-refractivity contribution < 1.29 is 9.21 Å². The molecule has 1 amide bonds. The molecule has 2 heterocycles. The molecule has 1 aromatic rings. The van der Waals surface area contributed by atoms with Gasteiger partial charge in [0, 0.05) is 19.0 Å². The SMILES string of the molecule is CC(Cc1ccco1)N1CCCC(N)C1=O. The molecule has 4 heteroatoms. The summed E-state index contributed by atoms with van der Waals surface area (Å²) in [5.41, 5.74) is 5.77. The molecular formula is C12H18N2O2. The van der Waals surface area contributed by atoms with E-state index in [0.29, 0.717) is 0 Å². The van der Waals surface area contributed by atoms with Gasteiger partial charge in [0.15, 0.2) is 0 Å². The van der Waals surface area contributed by atoms with Crippen LogP contribution in [0.1, 0.15) is 25.5 Å². The monoisotopic (exact) mass is 222 g/mol. The second kappa shape index (κ2) is 4.70. The fourth-order valence-corrected chi connectivity index (χ4v) is 2.20. The molecule has 0 aromatic carbocycles. The van der Waals surface area contributed by atoms with Crippen molar-refractivity contribution in [1.82, 2.24) is 4.90 Å². The molecule has 1 aromatic heterocycles. The van der Waals surface area contributed by atoms with E-state index < -0.39 is 0 Å². The van der Waals surface area contributed by atoms with Gasteiger partial charge < -0.3 is 15.1 Å². The lowest BCUT2D eigenvalue weighted by Crippen LogP contribution is -2.52. The van der Waals surface area contributed by atoms with E-state index in [1.165, 1.54) is 0 Å². The lowest BCUT2D eigenvalue weighted by molar-refractivity contribution is -0.137. The Balaban J connectivity index is 1.98. The predicted octanol–water partition coefficient (Wildman–Crippen LogP) is 1.16. The number of amides is 1. The quantitative estimate of drug-likeness (QED) is 0.834. The topological polar surface area (TPSA) is 59.5 Å². The summed E-state index contributed by atoms with van der Waals surface area (Å²) in [7, 11) is 0. The van der Waals surface area contributed by atoms with Crippen molar-refractivity contribution in [2.75, 3.05) is 6.54 Å². The number of piperidine rings is 1. The minimum absolute atomic E-state index is 0.0744. The van der Waals surface area contributed by atoms with Gasteiger partial charge in [0.1, 0.15) is 5.76 Å². The Morgan fingerprint density at radius 1 is 1.69 bits per heavy atom. The van der Waals surface area contributed by atoms with Crippen molar-refractivity contribution in [1.29, 1.82) is 0 Å². The number of likely N-dealkylation sites (tertiary alicyclic amines) is 1. The highest BCUT2D eigenvalue weighted by molar-refractivity contribution is 5.82. The molecule has 0 bridgehead atoms. The van der Waals surface area contributed by atoms with Crippen molar-refractivity contribution in [3.8, 4) is 0 Å². The van der Waals surface area contributed by atoms with Crippen molar-refractivity contribution in [3.63, 3.8) is 0 Å². The van der Waals surface area contributed by atoms with Gasteiger partial charge in [-0.15, -0.1) is 0 Å². The van der Waals surface area contributed by atoms with Crippen LogP contribution in [-0.4, -0.2) is 29.4 Å². The highest BCUT2D eigenvalue weighted by Crippen LogP contribution is 2.16. The Kier molecular flexibility index (Phi) is 3.29. The van der Waals surface area contributed by atoms with Gasteiger partial charge in [0.05, 0.1) is 12.3 Å². The van der Waals surface area contributed by atoms with E-state index in [-0.39, 0.29) is 18.0 Å². The van der Waals surface area contributed by atoms with E-state index in [2.05, 4.69) is 0 Å². The Labute approximate surface area is 95.4 Å². The van der Waals surface area contributed by atoms with Crippen LogP contribution in [-0.2, 0) is 11.2 Å². The number of nitrogens with two attached hydrogens (primary N) is 1. The van der Waals surface area contributed by atoms with Gasteiger partial charge in [-0.1, -0.05) is 0 Å². The van der Waals surface area contributed by atoms with Crippen LogP contribution in [0, 0.1) is 0 Å². The second-order valence-electron chi connectivity index (χ2n) is 4.41. The number of hydrogen-bond acceptors (Lipinski definition) is 3. The summed E-state index contributed by atoms with van der Waals surface area (Å²) in [5, 5.41) is 0. The van der Waals surface area contributed by atoms with Gasteiger partial charge in [-0.3, -0.25) is 4.79 Å². The zero-order valence-electron chi connectivity index (χ0n) is 9.56. The van der Waals surface area contributed by atoms with E-state index >= 15 is 0 Å². The van der Waals surface area contributed by atoms with Crippen molar-refractivity contribution in [3.05, 3.63) is 24.2 Å². The van der Waals surface area contributed by atoms with Gasteiger partial charge in [-0.2, -0.15) is 0 Å². The molecule has 16 heavy (non-hydrogen) atoms. The third-order valence-electron chi connectivity index (χ3n) is 3.12. The predicted molar refractivity (Wildman–Crippen MR) is 60.8 cm³/mol. The molecule has 2 atom stereocenters. The molecule has 0 radical (unpaired) electrons. The van der Waals surface area contributed by atoms with E-state index in [4.69, 9.17) is 10.2 Å². The van der Waals surface area contributed by atoms with Crippen LogP contribution in [0.15, 0.2) is 22.8 Å². The minimum atomic E-state index is -0.312. The maximum atomic E-state index is 11.9. The number of furan rings is 1. The Bertz CT molecular complexity index is 348. The van der Waals surface area contributed by atoms with Crippen molar-refractivity contribution in [2.45, 2.75) is 38.3 Å². The summed E-state index contributed by atoms with van der Waals surface area (Å²) >= 11 is 0. The van der Waals surface area contributed by atoms with Crippen LogP contribution in [0.2, 0.25) is 0 Å². The molecule has 1 fully saturated rings. The lowest BCUT2D eigenvalue weighted by atomic mass is 10.0. The van der Waals surface area contributed by atoms with Crippen molar-refractivity contribution in [2.24, 2.45) is 5.73 Å². The molecule has 2 N–H and O–H groups in total. The molecule has 4 nitrogen and oxygen atoms in total. The maximum absolute atomic E-state index is 11.9. The van der Waals surface area contributed by atoms with Gasteiger partial charge in [-0.25, -0.2) is 0 Å². The summed E-state index contributed by atoms with van der Waals surface area (Å²) in [6.07, 6.45) is 4.22. The first-order valence-corrected chi connectivity index (χ1v) is 5.77. The van der Waals surface area contributed by atoms with E-state index in [1.54, 1.807) is 6.26 Å². The molecule has 2 unspecified atom stereocenters. The number of nitrogens with zero attached hydrogens (tertiary/aromatic N) is 1. The normalized spacial score (nSPS) is 23.5. The molecule has 1 aliphatic rings. The number of carbonyl (C=O) groups is 1. The van der Waals surface area contributed by atoms with Crippen LogP contribution >= 0.6 is 0 Å². The average molecular weight is 222 g/mol. The standard InChI is InChI=1S/C12H18N2O2/c1-9(8-10-4-3-7-16-10)14-6-2-5-11(13)12(14)15/h3-4,7,9,11H,2,5-6,8,13H2,1H3. The lowest BCUT2D eigenvalue weighted by Gasteiger charge is -2.35. The van der Waals surface area contributed by atoms with Crippen LogP contribution in [0.3, 0.4) is 0 Å². The number of rotatable bonds is 3. The first-order chi connectivity index (χ1) is 7.68. The van der Waals surface area contributed by atoms with Gasteiger partial charge >= 0.3 is 0 Å². The Morgan fingerprint density at radius 2 is 2.50 bits per heavy atom. The first-order valence-electron chi connectivity index (χ1n) is 5.77. The molecule has 88 valence electrons. The molecule has 0 aliphatic carbocycles. The summed E-state index contributed by atoms with van der Waals surface area (Å²) in [6, 6.07) is 3.65. The Morgan fingerprint density at radius 3 is 3.19 bits per heavy atom. The third-order valence-corrected chi connectivity index (χ3v) is 3.12. The zero-order chi connectivity index (χ0) is 11.5. The minimum Gasteiger partial charge on any atom is -0.469 e. The molecule has 1 aliphatic heterocycles. The molecule has 2 rings (SSSR count). The van der Waals surface area contributed by atoms with Gasteiger partial charge in [0.25, 0.3) is 0 Å². The third kappa shape index (κ3) is 2.27. The van der Waals surface area contributed by atoms with Crippen molar-refractivity contribution >= 4 is 5.91 Å². The zero-order valence-corrected chi connectivity index (χ0v) is 9.56. The van der Waals surface area contributed by atoms with Crippen LogP contribution < -0.4 is 5.73 Å². The Hall–Kier alpha value is -1.29. The first kappa shape index (κ1) is 11.2. The average Bonchev–Trinajstić information content (AvgIpc) is 2.74. The fourth-order valence-electron chi connectivity index (χ4n) is 2.20. The highest BCUT2D eigenvalue weighted by atomic mass is 16.3. The largest absolute Gasteiger partial charge is 0.469 e. The van der Waals surface area contributed by atoms with Gasteiger partial charge in [-0.05, 0) is 31.9 Å². The van der Waals surface area contributed by atoms with Crippen LogP contribution in [0.5, 0.6) is 0 Å². The van der Waals surface area contributed by atoms with Crippen LogP contribution in [0.25, 0.3) is 0 Å². The summed E-state index contributed by atoms with van der Waals surface area (Å²) < 4.78 is 5.29. The highest BCUT2D eigenvalue weighted by Gasteiger charge is 2.29. The molecular weight excluding hydrogens is 204 g/mol. The van der Waals surface area contributed by atoms with E-state index in [0.717, 1.165) is 31.6 Å². The number of hydrogen-bond donors (Lipinski definition) is 1. The number of carbonyl (C=O) groups excluding carboxylic acids is 1. The van der Waals surface area contributed by atoms with Gasteiger partial charge in [0.2, 0.25) is 5.91 Å². The summed E-state index contributed by atoms with van der Waals surface area (Å²) in [4.78, 5) is 13.7. The van der Waals surface area contributed by atoms with E-state index in [1.807, 2.05) is 24.0 Å². The smallest absolute Gasteiger partial charge is 0.239 e. The van der Waals surface area contributed by atoms with E-state index in [9.17, 15) is 4.79 Å². The molecule has 0 spiro atoms. The summed E-state index contributed by atoms with van der Waals surface area (Å²) in [6.45, 7) is 2.85.